The van der Waals surface area contributed by atoms with E-state index >= 15 is 0 Å². The Morgan fingerprint density at radius 3 is 2.63 bits per heavy atom. The molecular formula is C21H26ClN3O2. The lowest BCUT2D eigenvalue weighted by molar-refractivity contribution is -0.116. The van der Waals surface area contributed by atoms with Crippen molar-refractivity contribution in [3.8, 4) is 5.75 Å². The maximum atomic E-state index is 12.3. The Kier molecular flexibility index (Phi) is 6.58. The lowest BCUT2D eigenvalue weighted by atomic mass is 10.2. The lowest BCUT2D eigenvalue weighted by Gasteiger charge is -2.36. The summed E-state index contributed by atoms with van der Waals surface area (Å²) in [6.45, 7) is 6.50. The molecule has 1 aliphatic heterocycles. The number of carbonyl (C=O) groups is 1. The molecule has 3 rings (SSSR count). The van der Waals surface area contributed by atoms with Gasteiger partial charge in [-0.3, -0.25) is 9.69 Å². The van der Waals surface area contributed by atoms with Crippen molar-refractivity contribution in [1.82, 2.24) is 4.90 Å². The molecule has 0 unspecified atom stereocenters. The van der Waals surface area contributed by atoms with Crippen LogP contribution in [0, 0.1) is 6.92 Å². The summed E-state index contributed by atoms with van der Waals surface area (Å²) in [6, 6.07) is 13.7. The molecule has 6 heteroatoms. The van der Waals surface area contributed by atoms with Crippen LogP contribution < -0.4 is 15.0 Å². The van der Waals surface area contributed by atoms with Crippen molar-refractivity contribution in [3.05, 3.63) is 53.1 Å². The van der Waals surface area contributed by atoms with Crippen LogP contribution in [0.25, 0.3) is 0 Å². The highest BCUT2D eigenvalue weighted by atomic mass is 35.5. The van der Waals surface area contributed by atoms with Gasteiger partial charge < -0.3 is 15.0 Å². The van der Waals surface area contributed by atoms with E-state index in [9.17, 15) is 4.79 Å². The molecule has 1 N–H and O–H groups in total. The summed E-state index contributed by atoms with van der Waals surface area (Å²) in [5.41, 5.74) is 2.97. The molecule has 0 saturated carbocycles. The lowest BCUT2D eigenvalue weighted by Crippen LogP contribution is -2.47. The van der Waals surface area contributed by atoms with Crippen LogP contribution in [0.15, 0.2) is 42.5 Å². The normalized spacial score (nSPS) is 14.9. The number of anilines is 2. The van der Waals surface area contributed by atoms with Gasteiger partial charge in [-0.15, -0.1) is 0 Å². The van der Waals surface area contributed by atoms with Crippen molar-refractivity contribution in [3.63, 3.8) is 0 Å². The smallest absolute Gasteiger partial charge is 0.225 e. The van der Waals surface area contributed by atoms with Crippen molar-refractivity contribution in [1.29, 1.82) is 0 Å². The third kappa shape index (κ3) is 5.37. The number of hydrogen-bond donors (Lipinski definition) is 1. The van der Waals surface area contributed by atoms with Crippen LogP contribution in [-0.4, -0.2) is 50.6 Å². The van der Waals surface area contributed by atoms with E-state index in [0.717, 1.165) is 54.7 Å². The second-order valence-electron chi connectivity index (χ2n) is 6.81. The van der Waals surface area contributed by atoms with E-state index in [0.29, 0.717) is 12.2 Å². The van der Waals surface area contributed by atoms with E-state index in [2.05, 4.69) is 21.2 Å². The van der Waals surface area contributed by atoms with Gasteiger partial charge in [0.05, 0.1) is 12.8 Å². The van der Waals surface area contributed by atoms with Crippen LogP contribution in [0.2, 0.25) is 5.02 Å². The van der Waals surface area contributed by atoms with Crippen LogP contribution >= 0.6 is 11.6 Å². The SMILES string of the molecule is COc1ccc(C)cc1NC(=O)CCN1CCN(c2cccc(Cl)c2)CC1. The molecule has 2 aromatic rings. The van der Waals surface area contributed by atoms with Gasteiger partial charge in [-0.2, -0.15) is 0 Å². The second kappa shape index (κ2) is 9.11. The molecule has 1 amide bonds. The molecular weight excluding hydrogens is 362 g/mol. The van der Waals surface area contributed by atoms with E-state index in [1.807, 2.05) is 43.3 Å². The summed E-state index contributed by atoms with van der Waals surface area (Å²) in [6.07, 6.45) is 0.467. The Morgan fingerprint density at radius 2 is 1.93 bits per heavy atom. The molecule has 1 aliphatic rings. The number of carbonyl (C=O) groups excluding carboxylic acids is 1. The fraction of sp³-hybridized carbons (Fsp3) is 0.381. The number of aryl methyl sites for hydroxylation is 1. The van der Waals surface area contributed by atoms with Gasteiger partial charge >= 0.3 is 0 Å². The summed E-state index contributed by atoms with van der Waals surface area (Å²) in [5, 5.41) is 3.73. The maximum Gasteiger partial charge on any atom is 0.225 e. The third-order valence-corrected chi connectivity index (χ3v) is 5.06. The number of methoxy groups -OCH3 is 1. The van der Waals surface area contributed by atoms with Gasteiger partial charge in [0, 0.05) is 49.9 Å². The minimum absolute atomic E-state index is 0.0103. The van der Waals surface area contributed by atoms with Crippen molar-refractivity contribution in [2.45, 2.75) is 13.3 Å². The average molecular weight is 388 g/mol. The highest BCUT2D eigenvalue weighted by Gasteiger charge is 2.18. The fourth-order valence-corrected chi connectivity index (χ4v) is 3.48. The molecule has 1 saturated heterocycles. The van der Waals surface area contributed by atoms with Crippen LogP contribution in [0.3, 0.4) is 0 Å². The molecule has 0 radical (unpaired) electrons. The molecule has 1 heterocycles. The summed E-state index contributed by atoms with van der Waals surface area (Å²) in [7, 11) is 1.61. The Labute approximate surface area is 165 Å². The Morgan fingerprint density at radius 1 is 1.15 bits per heavy atom. The van der Waals surface area contributed by atoms with Crippen molar-refractivity contribution >= 4 is 28.9 Å². The zero-order chi connectivity index (χ0) is 19.2. The summed E-state index contributed by atoms with van der Waals surface area (Å²) in [4.78, 5) is 17.0. The molecule has 27 heavy (non-hydrogen) atoms. The van der Waals surface area contributed by atoms with E-state index in [-0.39, 0.29) is 5.91 Å². The van der Waals surface area contributed by atoms with Gasteiger partial charge in [0.25, 0.3) is 0 Å². The van der Waals surface area contributed by atoms with Gasteiger partial charge in [0.2, 0.25) is 5.91 Å². The Bertz CT molecular complexity index is 789. The molecule has 1 fully saturated rings. The van der Waals surface area contributed by atoms with Gasteiger partial charge in [0.1, 0.15) is 5.75 Å². The minimum atomic E-state index is 0.0103. The van der Waals surface area contributed by atoms with E-state index < -0.39 is 0 Å². The van der Waals surface area contributed by atoms with Crippen LogP contribution in [0.5, 0.6) is 5.75 Å². The van der Waals surface area contributed by atoms with Gasteiger partial charge in [0.15, 0.2) is 0 Å². The number of piperazine rings is 1. The third-order valence-electron chi connectivity index (χ3n) is 4.83. The highest BCUT2D eigenvalue weighted by molar-refractivity contribution is 6.30. The van der Waals surface area contributed by atoms with Gasteiger partial charge in [-0.25, -0.2) is 0 Å². The number of nitrogens with zero attached hydrogens (tertiary/aromatic N) is 2. The summed E-state index contributed by atoms with van der Waals surface area (Å²) < 4.78 is 5.32. The molecule has 0 aliphatic carbocycles. The first kappa shape index (κ1) is 19.5. The highest BCUT2D eigenvalue weighted by Crippen LogP contribution is 2.25. The number of amides is 1. The predicted molar refractivity (Wildman–Crippen MR) is 111 cm³/mol. The monoisotopic (exact) mass is 387 g/mol. The molecule has 0 aromatic heterocycles. The minimum Gasteiger partial charge on any atom is -0.495 e. The Hall–Kier alpha value is -2.24. The van der Waals surface area contributed by atoms with Crippen molar-refractivity contribution in [2.24, 2.45) is 0 Å². The van der Waals surface area contributed by atoms with Gasteiger partial charge in [-0.05, 0) is 42.8 Å². The fourth-order valence-electron chi connectivity index (χ4n) is 3.29. The molecule has 0 spiro atoms. The molecule has 144 valence electrons. The van der Waals surface area contributed by atoms with Crippen molar-refractivity contribution in [2.75, 3.05) is 50.1 Å². The topological polar surface area (TPSA) is 44.8 Å². The largest absolute Gasteiger partial charge is 0.495 e. The molecule has 5 nitrogen and oxygen atoms in total. The van der Waals surface area contributed by atoms with Crippen LogP contribution in [0.4, 0.5) is 11.4 Å². The number of rotatable bonds is 6. The predicted octanol–water partition coefficient (Wildman–Crippen LogP) is 3.81. The zero-order valence-corrected chi connectivity index (χ0v) is 16.6. The van der Waals surface area contributed by atoms with Crippen molar-refractivity contribution < 1.29 is 9.53 Å². The molecule has 0 bridgehead atoms. The first-order valence-corrected chi connectivity index (χ1v) is 9.60. The zero-order valence-electron chi connectivity index (χ0n) is 15.9. The molecule has 2 aromatic carbocycles. The Balaban J connectivity index is 1.46. The van der Waals surface area contributed by atoms with Gasteiger partial charge in [-0.1, -0.05) is 23.7 Å². The first-order chi connectivity index (χ1) is 13.0. The van der Waals surface area contributed by atoms with Crippen LogP contribution in [-0.2, 0) is 4.79 Å². The summed E-state index contributed by atoms with van der Waals surface area (Å²) >= 11 is 6.08. The first-order valence-electron chi connectivity index (χ1n) is 9.22. The number of ether oxygens (including phenoxy) is 1. The number of halogens is 1. The summed E-state index contributed by atoms with van der Waals surface area (Å²) in [5.74, 6) is 0.695. The number of hydrogen-bond acceptors (Lipinski definition) is 4. The van der Waals surface area contributed by atoms with Crippen LogP contribution in [0.1, 0.15) is 12.0 Å². The van der Waals surface area contributed by atoms with E-state index in [1.54, 1.807) is 7.11 Å². The molecule has 0 atom stereocenters. The second-order valence-corrected chi connectivity index (χ2v) is 7.25. The quantitative estimate of drug-likeness (QED) is 0.818. The van der Waals surface area contributed by atoms with E-state index in [1.165, 1.54) is 0 Å². The number of benzene rings is 2. The average Bonchev–Trinajstić information content (AvgIpc) is 2.67. The number of nitrogens with one attached hydrogen (secondary N) is 1. The standard InChI is InChI=1S/C21H26ClN3O2/c1-16-6-7-20(27-2)19(14-16)23-21(26)8-9-24-10-12-25(13-11-24)18-5-3-4-17(22)15-18/h3-7,14-15H,8-13H2,1-2H3,(H,23,26). The van der Waals surface area contributed by atoms with E-state index in [4.69, 9.17) is 16.3 Å². The maximum absolute atomic E-state index is 12.3.